The average molecular weight is 579 g/mol. The molecule has 41 heavy (non-hydrogen) atoms. The van der Waals surface area contributed by atoms with Crippen LogP contribution >= 0.6 is 0 Å². The number of benzene rings is 3. The summed E-state index contributed by atoms with van der Waals surface area (Å²) in [4.78, 5) is 26.7. The Bertz CT molecular complexity index is 1520. The average Bonchev–Trinajstić information content (AvgIpc) is 2.91. The van der Waals surface area contributed by atoms with Crippen molar-refractivity contribution in [3.63, 3.8) is 0 Å². The molecule has 0 unspecified atom stereocenters. The lowest BCUT2D eigenvalue weighted by atomic mass is 9.84. The van der Waals surface area contributed by atoms with Crippen LogP contribution in [0.4, 0.5) is 5.69 Å². The number of anilines is 1. The molecule has 2 N–H and O–H groups in total. The van der Waals surface area contributed by atoms with E-state index in [0.717, 1.165) is 15.4 Å². The predicted octanol–water partition coefficient (Wildman–Crippen LogP) is 5.92. The highest BCUT2D eigenvalue weighted by atomic mass is 32.2. The minimum absolute atomic E-state index is 0.117. The molecule has 9 heteroatoms. The van der Waals surface area contributed by atoms with Crippen LogP contribution in [0.5, 0.6) is 5.75 Å². The Labute approximate surface area is 242 Å². The standard InChI is InChI=1S/C32H38N2O6S/c1-21-16-22(2)31(23(3)17-21)41(39,40)33(4)20-30(36)34(27-14-15-28(32(37)38)29(35)18-27)19-24-10-12-26(13-11-24)25-8-6-5-7-9-25/h10-18,25,35H,5-9,19-20H2,1-4H3,(H,37,38). The predicted molar refractivity (Wildman–Crippen MR) is 159 cm³/mol. The zero-order chi connectivity index (χ0) is 29.9. The van der Waals surface area contributed by atoms with Gasteiger partial charge in [0, 0.05) is 18.8 Å². The number of amides is 1. The molecule has 4 rings (SSSR count). The molecular weight excluding hydrogens is 540 g/mol. The van der Waals surface area contributed by atoms with Gasteiger partial charge in [-0.05, 0) is 73.9 Å². The Morgan fingerprint density at radius 3 is 2.07 bits per heavy atom. The maximum Gasteiger partial charge on any atom is 0.339 e. The van der Waals surface area contributed by atoms with Gasteiger partial charge in [0.2, 0.25) is 15.9 Å². The third-order valence-corrected chi connectivity index (χ3v) is 9.96. The highest BCUT2D eigenvalue weighted by Gasteiger charge is 2.29. The molecule has 0 atom stereocenters. The second-order valence-electron chi connectivity index (χ2n) is 11.1. The fraction of sp³-hybridized carbons (Fsp3) is 0.375. The van der Waals surface area contributed by atoms with E-state index in [4.69, 9.17) is 0 Å². The highest BCUT2D eigenvalue weighted by Crippen LogP contribution is 2.33. The number of sulfonamides is 1. The van der Waals surface area contributed by atoms with Crippen molar-refractivity contribution in [2.24, 2.45) is 0 Å². The van der Waals surface area contributed by atoms with E-state index in [9.17, 15) is 28.2 Å². The number of carbonyl (C=O) groups excluding carboxylic acids is 1. The molecule has 1 aliphatic carbocycles. The zero-order valence-corrected chi connectivity index (χ0v) is 24.9. The van der Waals surface area contributed by atoms with E-state index in [2.05, 4.69) is 12.1 Å². The molecule has 1 saturated carbocycles. The number of aromatic carboxylic acids is 1. The van der Waals surface area contributed by atoms with E-state index in [0.29, 0.717) is 17.0 Å². The minimum Gasteiger partial charge on any atom is -0.507 e. The second-order valence-corrected chi connectivity index (χ2v) is 13.0. The first-order chi connectivity index (χ1) is 19.4. The number of likely N-dealkylation sites (N-methyl/N-ethyl adjacent to an activating group) is 1. The third kappa shape index (κ3) is 6.80. The highest BCUT2D eigenvalue weighted by molar-refractivity contribution is 7.89. The van der Waals surface area contributed by atoms with Crippen molar-refractivity contribution in [1.29, 1.82) is 0 Å². The summed E-state index contributed by atoms with van der Waals surface area (Å²) in [5, 5.41) is 19.7. The SMILES string of the molecule is Cc1cc(C)c(S(=O)(=O)N(C)CC(=O)N(Cc2ccc(C3CCCCC3)cc2)c2ccc(C(=O)O)c(O)c2)c(C)c1. The van der Waals surface area contributed by atoms with Crippen LogP contribution in [0.3, 0.4) is 0 Å². The number of aromatic hydroxyl groups is 1. The summed E-state index contributed by atoms with van der Waals surface area (Å²) in [5.41, 5.74) is 4.23. The quantitative estimate of drug-likeness (QED) is 0.326. The Morgan fingerprint density at radius 1 is 0.902 bits per heavy atom. The number of phenols is 1. The first kappa shape index (κ1) is 30.3. The zero-order valence-electron chi connectivity index (χ0n) is 24.1. The maximum absolute atomic E-state index is 13.7. The molecule has 1 amide bonds. The molecule has 218 valence electrons. The van der Waals surface area contributed by atoms with Gasteiger partial charge in [0.25, 0.3) is 0 Å². The number of nitrogens with zero attached hydrogens (tertiary/aromatic N) is 2. The molecule has 8 nitrogen and oxygen atoms in total. The van der Waals surface area contributed by atoms with Gasteiger partial charge in [-0.25, -0.2) is 13.2 Å². The molecule has 3 aromatic carbocycles. The number of aryl methyl sites for hydroxylation is 3. The number of hydrogen-bond acceptors (Lipinski definition) is 5. The van der Waals surface area contributed by atoms with Gasteiger partial charge < -0.3 is 15.1 Å². The molecule has 0 bridgehead atoms. The van der Waals surface area contributed by atoms with Crippen LogP contribution in [0.1, 0.15) is 76.2 Å². The van der Waals surface area contributed by atoms with Crippen molar-refractivity contribution in [3.05, 3.63) is 88.0 Å². The Balaban J connectivity index is 1.63. The number of hydrogen-bond donors (Lipinski definition) is 2. The summed E-state index contributed by atoms with van der Waals surface area (Å²) >= 11 is 0. The van der Waals surface area contributed by atoms with E-state index in [1.165, 1.54) is 67.8 Å². The fourth-order valence-corrected chi connectivity index (χ4v) is 7.32. The minimum atomic E-state index is -3.99. The van der Waals surface area contributed by atoms with Gasteiger partial charge in [-0.3, -0.25) is 4.79 Å². The molecule has 0 radical (unpaired) electrons. The van der Waals surface area contributed by atoms with Crippen molar-refractivity contribution in [3.8, 4) is 5.75 Å². The molecule has 1 aliphatic rings. The summed E-state index contributed by atoms with van der Waals surface area (Å²) in [6.45, 7) is 5.04. The van der Waals surface area contributed by atoms with Crippen molar-refractivity contribution >= 4 is 27.6 Å². The van der Waals surface area contributed by atoms with Crippen LogP contribution in [0.15, 0.2) is 59.5 Å². The smallest absolute Gasteiger partial charge is 0.339 e. The van der Waals surface area contributed by atoms with Crippen LogP contribution in [-0.4, -0.2) is 48.4 Å². The molecule has 3 aromatic rings. The molecule has 0 aromatic heterocycles. The van der Waals surface area contributed by atoms with E-state index in [1.807, 2.05) is 19.1 Å². The lowest BCUT2D eigenvalue weighted by molar-refractivity contribution is -0.118. The first-order valence-electron chi connectivity index (χ1n) is 13.9. The number of carboxylic acids is 1. The van der Waals surface area contributed by atoms with Gasteiger partial charge in [-0.1, -0.05) is 61.2 Å². The monoisotopic (exact) mass is 578 g/mol. The molecule has 0 spiro atoms. The second kappa shape index (κ2) is 12.4. The van der Waals surface area contributed by atoms with Crippen LogP contribution in [0.2, 0.25) is 0 Å². The lowest BCUT2D eigenvalue weighted by Gasteiger charge is -2.27. The summed E-state index contributed by atoms with van der Waals surface area (Å²) in [6.07, 6.45) is 6.05. The third-order valence-electron chi connectivity index (χ3n) is 7.85. The van der Waals surface area contributed by atoms with Gasteiger partial charge >= 0.3 is 5.97 Å². The number of carbonyl (C=O) groups is 2. The molecule has 0 aliphatic heterocycles. The Hall–Kier alpha value is -3.69. The number of rotatable bonds is 9. The molecule has 0 saturated heterocycles. The summed E-state index contributed by atoms with van der Waals surface area (Å²) in [7, 11) is -2.62. The van der Waals surface area contributed by atoms with Gasteiger partial charge in [0.05, 0.1) is 18.0 Å². The van der Waals surface area contributed by atoms with Gasteiger partial charge in [0.15, 0.2) is 0 Å². The van der Waals surface area contributed by atoms with E-state index >= 15 is 0 Å². The van der Waals surface area contributed by atoms with Crippen LogP contribution in [0.25, 0.3) is 0 Å². The normalized spacial score (nSPS) is 14.3. The van der Waals surface area contributed by atoms with Crippen molar-refractivity contribution < 1.29 is 28.2 Å². The van der Waals surface area contributed by atoms with E-state index in [-0.39, 0.29) is 22.7 Å². The summed E-state index contributed by atoms with van der Waals surface area (Å²) in [6, 6.07) is 15.6. The Morgan fingerprint density at radius 2 is 1.51 bits per heavy atom. The molecule has 0 heterocycles. The van der Waals surface area contributed by atoms with Gasteiger partial charge in [-0.15, -0.1) is 0 Å². The van der Waals surface area contributed by atoms with Crippen molar-refractivity contribution in [2.75, 3.05) is 18.5 Å². The van der Waals surface area contributed by atoms with Crippen LogP contribution in [0, 0.1) is 20.8 Å². The van der Waals surface area contributed by atoms with E-state index < -0.39 is 34.2 Å². The van der Waals surface area contributed by atoms with E-state index in [1.54, 1.807) is 26.0 Å². The van der Waals surface area contributed by atoms with Crippen LogP contribution in [-0.2, 0) is 21.4 Å². The van der Waals surface area contributed by atoms with Crippen molar-refractivity contribution in [2.45, 2.75) is 70.2 Å². The molecular formula is C32H38N2O6S. The topological polar surface area (TPSA) is 115 Å². The number of carboxylic acid groups (broad SMARTS) is 1. The summed E-state index contributed by atoms with van der Waals surface area (Å²) in [5.74, 6) is -1.76. The van der Waals surface area contributed by atoms with Gasteiger partial charge in [-0.2, -0.15) is 4.31 Å². The maximum atomic E-state index is 13.7. The van der Waals surface area contributed by atoms with Crippen molar-refractivity contribution in [1.82, 2.24) is 4.31 Å². The summed E-state index contributed by atoms with van der Waals surface area (Å²) < 4.78 is 28.1. The first-order valence-corrected chi connectivity index (χ1v) is 15.3. The Kier molecular flexibility index (Phi) is 9.19. The molecule has 1 fully saturated rings. The largest absolute Gasteiger partial charge is 0.507 e. The van der Waals surface area contributed by atoms with Crippen LogP contribution < -0.4 is 4.90 Å². The fourth-order valence-electron chi connectivity index (χ4n) is 5.80. The lowest BCUT2D eigenvalue weighted by Crippen LogP contribution is -2.41. The van der Waals surface area contributed by atoms with Gasteiger partial charge in [0.1, 0.15) is 11.3 Å².